The van der Waals surface area contributed by atoms with E-state index in [1.807, 2.05) is 66.9 Å². The molecule has 0 saturated carbocycles. The largest absolute Gasteiger partial charge is 0.350 e. The number of nitrogens with zero attached hydrogens (tertiary/aromatic N) is 2. The number of amides is 1. The average molecular weight is 389 g/mol. The fourth-order valence-corrected chi connectivity index (χ4v) is 4.03. The fourth-order valence-electron chi connectivity index (χ4n) is 3.12. The molecule has 0 atom stereocenters. The van der Waals surface area contributed by atoms with E-state index in [0.29, 0.717) is 16.8 Å². The van der Waals surface area contributed by atoms with Crippen LogP contribution in [0.15, 0.2) is 71.1 Å². The highest BCUT2D eigenvalue weighted by Crippen LogP contribution is 2.30. The molecular weight excluding hydrogens is 370 g/mol. The third-order valence-electron chi connectivity index (χ3n) is 4.70. The molecule has 5 nitrogen and oxygen atoms in total. The van der Waals surface area contributed by atoms with Crippen LogP contribution in [0.4, 0.5) is 0 Å². The monoisotopic (exact) mass is 389 g/mol. The molecule has 2 heterocycles. The molecule has 0 unspecified atom stereocenters. The zero-order valence-corrected chi connectivity index (χ0v) is 16.2. The summed E-state index contributed by atoms with van der Waals surface area (Å²) in [6.07, 6.45) is 1.45. The van der Waals surface area contributed by atoms with Crippen LogP contribution < -0.4 is 10.9 Å². The van der Waals surface area contributed by atoms with Gasteiger partial charge in [-0.15, -0.1) is 11.3 Å². The molecule has 4 rings (SSSR count). The number of thiophene rings is 1. The average Bonchev–Trinajstić information content (AvgIpc) is 3.15. The fraction of sp³-hybridized carbons (Fsp3) is 0.136. The summed E-state index contributed by atoms with van der Waals surface area (Å²) in [6, 6.07) is 17.6. The minimum atomic E-state index is -0.219. The van der Waals surface area contributed by atoms with Crippen molar-refractivity contribution in [2.45, 2.75) is 20.0 Å². The van der Waals surface area contributed by atoms with Crippen LogP contribution in [0.1, 0.15) is 11.1 Å². The lowest BCUT2D eigenvalue weighted by Gasteiger charge is -2.09. The number of fused-ring (bicyclic) bond motifs is 1. The lowest BCUT2D eigenvalue weighted by Crippen LogP contribution is -2.32. The number of nitrogens with one attached hydrogen (secondary N) is 1. The van der Waals surface area contributed by atoms with E-state index in [1.165, 1.54) is 22.2 Å². The summed E-state index contributed by atoms with van der Waals surface area (Å²) in [5, 5.41) is 5.38. The molecule has 2 aromatic heterocycles. The molecule has 1 amide bonds. The molecule has 0 spiro atoms. The summed E-state index contributed by atoms with van der Waals surface area (Å²) in [4.78, 5) is 30.4. The maximum Gasteiger partial charge on any atom is 0.263 e. The molecule has 0 aliphatic rings. The predicted octanol–water partition coefficient (Wildman–Crippen LogP) is 3.75. The number of hydrogen-bond donors (Lipinski definition) is 1. The highest BCUT2D eigenvalue weighted by molar-refractivity contribution is 7.17. The number of aryl methyl sites for hydroxylation is 1. The Bertz CT molecular complexity index is 1200. The standard InChI is InChI=1S/C22H19N3O2S/c1-15-7-5-6-10-17(15)11-23-19(26)12-25-14-24-21-20(22(25)27)18(13-28-21)16-8-3-2-4-9-16/h2-10,13-14H,11-12H2,1H3,(H,23,26). The number of carbonyl (C=O) groups excluding carboxylic acids is 1. The van der Waals surface area contributed by atoms with Crippen molar-refractivity contribution >= 4 is 27.5 Å². The zero-order valence-electron chi connectivity index (χ0n) is 15.4. The lowest BCUT2D eigenvalue weighted by atomic mass is 10.1. The molecule has 0 aliphatic heterocycles. The number of carbonyl (C=O) groups is 1. The number of hydrogen-bond acceptors (Lipinski definition) is 4. The molecule has 4 aromatic rings. The van der Waals surface area contributed by atoms with Crippen LogP contribution in [0.25, 0.3) is 21.3 Å². The molecular formula is C22H19N3O2S. The van der Waals surface area contributed by atoms with E-state index in [-0.39, 0.29) is 18.0 Å². The molecule has 0 aliphatic carbocycles. The summed E-state index contributed by atoms with van der Waals surface area (Å²) < 4.78 is 1.37. The maximum atomic E-state index is 13.0. The highest BCUT2D eigenvalue weighted by atomic mass is 32.1. The Labute approximate surface area is 166 Å². The Morgan fingerprint density at radius 3 is 2.64 bits per heavy atom. The molecule has 1 N–H and O–H groups in total. The summed E-state index contributed by atoms with van der Waals surface area (Å²) in [7, 11) is 0. The van der Waals surface area contributed by atoms with Crippen LogP contribution in [-0.4, -0.2) is 15.5 Å². The summed E-state index contributed by atoms with van der Waals surface area (Å²) >= 11 is 1.43. The Morgan fingerprint density at radius 1 is 1.11 bits per heavy atom. The number of aromatic nitrogens is 2. The second-order valence-electron chi connectivity index (χ2n) is 6.58. The van der Waals surface area contributed by atoms with Gasteiger partial charge >= 0.3 is 0 Å². The topological polar surface area (TPSA) is 64.0 Å². The third kappa shape index (κ3) is 3.59. The van der Waals surface area contributed by atoms with Crippen molar-refractivity contribution < 1.29 is 4.79 Å². The van der Waals surface area contributed by atoms with Gasteiger partial charge in [-0.05, 0) is 23.6 Å². The minimum absolute atomic E-state index is 0.0578. The van der Waals surface area contributed by atoms with Crippen molar-refractivity contribution in [1.82, 2.24) is 14.9 Å². The van der Waals surface area contributed by atoms with Gasteiger partial charge in [0.15, 0.2) is 0 Å². The molecule has 0 saturated heterocycles. The van der Waals surface area contributed by atoms with Gasteiger partial charge in [0.1, 0.15) is 11.4 Å². The van der Waals surface area contributed by atoms with E-state index in [1.54, 1.807) is 0 Å². The van der Waals surface area contributed by atoms with Crippen LogP contribution in [0.5, 0.6) is 0 Å². The van der Waals surface area contributed by atoms with Crippen LogP contribution in [0.3, 0.4) is 0 Å². The quantitative estimate of drug-likeness (QED) is 0.565. The van der Waals surface area contributed by atoms with Crippen LogP contribution in [0, 0.1) is 6.92 Å². The molecule has 140 valence electrons. The van der Waals surface area contributed by atoms with Crippen molar-refractivity contribution in [2.24, 2.45) is 0 Å². The highest BCUT2D eigenvalue weighted by Gasteiger charge is 2.14. The Morgan fingerprint density at radius 2 is 1.86 bits per heavy atom. The van der Waals surface area contributed by atoms with Crippen molar-refractivity contribution in [3.05, 3.63) is 87.8 Å². The zero-order chi connectivity index (χ0) is 19.5. The molecule has 2 aromatic carbocycles. The van der Waals surface area contributed by atoms with Crippen LogP contribution in [-0.2, 0) is 17.9 Å². The normalized spacial score (nSPS) is 10.9. The molecule has 0 fully saturated rings. The van der Waals surface area contributed by atoms with Crippen molar-refractivity contribution in [1.29, 1.82) is 0 Å². The van der Waals surface area contributed by atoms with Gasteiger partial charge in [-0.2, -0.15) is 0 Å². The maximum absolute atomic E-state index is 13.0. The number of rotatable bonds is 5. The van der Waals surface area contributed by atoms with Gasteiger partial charge in [0.05, 0.1) is 11.7 Å². The number of benzene rings is 2. The predicted molar refractivity (Wildman–Crippen MR) is 112 cm³/mol. The Balaban J connectivity index is 1.57. The van der Waals surface area contributed by atoms with E-state index >= 15 is 0 Å². The van der Waals surface area contributed by atoms with E-state index in [9.17, 15) is 9.59 Å². The molecule has 28 heavy (non-hydrogen) atoms. The van der Waals surface area contributed by atoms with E-state index < -0.39 is 0 Å². The van der Waals surface area contributed by atoms with Crippen molar-refractivity contribution in [2.75, 3.05) is 0 Å². The van der Waals surface area contributed by atoms with Gasteiger partial charge in [0.25, 0.3) is 5.56 Å². The first-order valence-corrected chi connectivity index (χ1v) is 9.84. The Hall–Kier alpha value is -3.25. The van der Waals surface area contributed by atoms with Gasteiger partial charge in [-0.3, -0.25) is 14.2 Å². The van der Waals surface area contributed by atoms with Gasteiger partial charge in [-0.25, -0.2) is 4.98 Å². The summed E-state index contributed by atoms with van der Waals surface area (Å²) in [5.74, 6) is -0.219. The molecule has 0 bridgehead atoms. The van der Waals surface area contributed by atoms with Crippen molar-refractivity contribution in [3.63, 3.8) is 0 Å². The van der Waals surface area contributed by atoms with E-state index in [0.717, 1.165) is 22.3 Å². The Kier molecular flexibility index (Phi) is 5.04. The van der Waals surface area contributed by atoms with Gasteiger partial charge in [0.2, 0.25) is 5.91 Å². The third-order valence-corrected chi connectivity index (χ3v) is 5.58. The lowest BCUT2D eigenvalue weighted by molar-refractivity contribution is -0.121. The van der Waals surface area contributed by atoms with Gasteiger partial charge < -0.3 is 5.32 Å². The molecule has 0 radical (unpaired) electrons. The van der Waals surface area contributed by atoms with E-state index in [2.05, 4.69) is 10.3 Å². The van der Waals surface area contributed by atoms with Crippen LogP contribution >= 0.6 is 11.3 Å². The minimum Gasteiger partial charge on any atom is -0.350 e. The SMILES string of the molecule is Cc1ccccc1CNC(=O)Cn1cnc2scc(-c3ccccc3)c2c1=O. The second kappa shape index (κ2) is 7.78. The van der Waals surface area contributed by atoms with Gasteiger partial charge in [-0.1, -0.05) is 54.6 Å². The van der Waals surface area contributed by atoms with Gasteiger partial charge in [0, 0.05) is 17.5 Å². The first kappa shape index (κ1) is 18.1. The first-order valence-electron chi connectivity index (χ1n) is 8.97. The first-order chi connectivity index (χ1) is 13.6. The van der Waals surface area contributed by atoms with Crippen LogP contribution in [0.2, 0.25) is 0 Å². The van der Waals surface area contributed by atoms with E-state index in [4.69, 9.17) is 0 Å². The summed E-state index contributed by atoms with van der Waals surface area (Å²) in [5.41, 5.74) is 3.80. The second-order valence-corrected chi connectivity index (χ2v) is 7.43. The molecule has 6 heteroatoms. The summed E-state index contributed by atoms with van der Waals surface area (Å²) in [6.45, 7) is 2.38. The van der Waals surface area contributed by atoms with Crippen molar-refractivity contribution in [3.8, 4) is 11.1 Å². The smallest absolute Gasteiger partial charge is 0.263 e.